The van der Waals surface area contributed by atoms with Crippen molar-refractivity contribution in [1.82, 2.24) is 0 Å². The van der Waals surface area contributed by atoms with Crippen LogP contribution in [-0.2, 0) is 0 Å². The van der Waals surface area contributed by atoms with Gasteiger partial charge in [0.15, 0.2) is 0 Å². The molecular formula is C27H34Si3. The van der Waals surface area contributed by atoms with E-state index >= 15 is 0 Å². The maximum Gasteiger partial charge on any atom is 0.0807 e. The third kappa shape index (κ3) is 3.24. The van der Waals surface area contributed by atoms with Crippen molar-refractivity contribution in [3.63, 3.8) is 0 Å². The first-order valence-electron chi connectivity index (χ1n) is 11.1. The molecule has 0 aliphatic heterocycles. The van der Waals surface area contributed by atoms with Crippen molar-refractivity contribution in [1.29, 1.82) is 0 Å². The summed E-state index contributed by atoms with van der Waals surface area (Å²) in [6.07, 6.45) is 0. The average Bonchev–Trinajstić information content (AvgIpc) is 2.71. The lowest BCUT2D eigenvalue weighted by atomic mass is 10.0. The van der Waals surface area contributed by atoms with E-state index in [-0.39, 0.29) is 0 Å². The van der Waals surface area contributed by atoms with Gasteiger partial charge >= 0.3 is 0 Å². The van der Waals surface area contributed by atoms with Gasteiger partial charge in [-0.05, 0) is 31.9 Å². The second-order valence-corrected chi connectivity index (χ2v) is 30.8. The lowest BCUT2D eigenvalue weighted by molar-refractivity contribution is 1.70. The zero-order chi connectivity index (χ0) is 21.7. The molecule has 0 saturated heterocycles. The molecule has 4 aromatic rings. The van der Waals surface area contributed by atoms with Gasteiger partial charge in [-0.15, -0.1) is 0 Å². The summed E-state index contributed by atoms with van der Waals surface area (Å²) in [5.74, 6) is 0. The molecule has 0 unspecified atom stereocenters. The van der Waals surface area contributed by atoms with E-state index < -0.39 is 23.3 Å². The molecule has 154 valence electrons. The molecule has 0 spiro atoms. The Morgan fingerprint density at radius 1 is 0.400 bits per heavy atom. The Bertz CT molecular complexity index is 1160. The predicted molar refractivity (Wildman–Crippen MR) is 145 cm³/mol. The van der Waals surface area contributed by atoms with Crippen molar-refractivity contribution in [3.8, 4) is 0 Å². The van der Waals surface area contributed by atoms with Crippen molar-refractivity contribution in [2.24, 2.45) is 0 Å². The second-order valence-electron chi connectivity index (χ2n) is 10.7. The zero-order valence-electron chi connectivity index (χ0n) is 19.5. The normalized spacial score (nSPS) is 13.2. The number of rotatable bonds is 4. The van der Waals surface area contributed by atoms with Crippen LogP contribution in [0.25, 0.3) is 21.5 Å². The highest BCUT2D eigenvalue weighted by atomic mass is 29.3. The SMILES string of the molecule is C[Si](C)(C)c1c2ccccc2c([Si](C)(C)[Si](C)(C)c2ccccc2)c2ccccc12. The summed E-state index contributed by atoms with van der Waals surface area (Å²) in [5, 5.41) is 10.9. The largest absolute Gasteiger partial charge is 0.0807 e. The highest BCUT2D eigenvalue weighted by molar-refractivity contribution is 7.50. The van der Waals surface area contributed by atoms with Crippen molar-refractivity contribution >= 4 is 60.4 Å². The number of hydrogen-bond donors (Lipinski definition) is 0. The lowest BCUT2D eigenvalue weighted by Crippen LogP contribution is -2.69. The van der Waals surface area contributed by atoms with Gasteiger partial charge in [-0.1, -0.05) is 130 Å². The van der Waals surface area contributed by atoms with E-state index in [2.05, 4.69) is 125 Å². The fourth-order valence-electron chi connectivity index (χ4n) is 5.14. The minimum atomic E-state index is -1.80. The Balaban J connectivity index is 2.16. The van der Waals surface area contributed by atoms with E-state index in [0.717, 1.165) is 0 Å². The first kappa shape index (κ1) is 21.3. The summed E-state index contributed by atoms with van der Waals surface area (Å²) < 4.78 is 0. The Morgan fingerprint density at radius 2 is 0.767 bits per heavy atom. The third-order valence-electron chi connectivity index (χ3n) is 7.36. The number of benzene rings is 4. The molecule has 0 aliphatic rings. The predicted octanol–water partition coefficient (Wildman–Crippen LogP) is 6.15. The van der Waals surface area contributed by atoms with E-state index in [0.29, 0.717) is 0 Å². The van der Waals surface area contributed by atoms with E-state index in [1.54, 1.807) is 15.6 Å². The molecular weight excluding hydrogens is 409 g/mol. The summed E-state index contributed by atoms with van der Waals surface area (Å²) in [5.41, 5.74) is 0. The van der Waals surface area contributed by atoms with Gasteiger partial charge in [-0.3, -0.25) is 0 Å². The van der Waals surface area contributed by atoms with E-state index in [1.165, 1.54) is 21.5 Å². The van der Waals surface area contributed by atoms with Gasteiger partial charge in [0.2, 0.25) is 0 Å². The minimum absolute atomic E-state index is 1.50. The summed E-state index contributed by atoms with van der Waals surface area (Å²) in [6.45, 7) is 17.9. The van der Waals surface area contributed by atoms with Crippen molar-refractivity contribution in [2.45, 2.75) is 45.8 Å². The summed E-state index contributed by atoms with van der Waals surface area (Å²) in [7, 11) is -5.03. The molecule has 0 N–H and O–H groups in total. The Hall–Kier alpha value is -1.95. The van der Waals surface area contributed by atoms with Gasteiger partial charge in [-0.25, -0.2) is 0 Å². The van der Waals surface area contributed by atoms with Crippen LogP contribution in [0.3, 0.4) is 0 Å². The Labute approximate surface area is 184 Å². The second kappa shape index (κ2) is 7.33. The topological polar surface area (TPSA) is 0 Å². The van der Waals surface area contributed by atoms with Crippen molar-refractivity contribution in [3.05, 3.63) is 78.9 Å². The van der Waals surface area contributed by atoms with Crippen LogP contribution in [0, 0.1) is 0 Å². The van der Waals surface area contributed by atoms with Crippen LogP contribution < -0.4 is 15.6 Å². The van der Waals surface area contributed by atoms with Crippen LogP contribution in [0.2, 0.25) is 45.8 Å². The van der Waals surface area contributed by atoms with E-state index in [9.17, 15) is 0 Å². The first-order chi connectivity index (χ1) is 14.1. The molecule has 4 aromatic carbocycles. The van der Waals surface area contributed by atoms with Gasteiger partial charge in [0, 0.05) is 0 Å². The smallest absolute Gasteiger partial charge is 0.0671 e. The average molecular weight is 443 g/mol. The summed E-state index contributed by atoms with van der Waals surface area (Å²) >= 11 is 0. The van der Waals surface area contributed by atoms with Crippen LogP contribution in [0.5, 0.6) is 0 Å². The molecule has 30 heavy (non-hydrogen) atoms. The van der Waals surface area contributed by atoms with Crippen molar-refractivity contribution < 1.29 is 0 Å². The van der Waals surface area contributed by atoms with Gasteiger partial charge in [-0.2, -0.15) is 0 Å². The molecule has 0 radical (unpaired) electrons. The monoisotopic (exact) mass is 442 g/mol. The summed E-state index contributed by atoms with van der Waals surface area (Å²) in [4.78, 5) is 0. The molecule has 4 rings (SSSR count). The number of hydrogen-bond acceptors (Lipinski definition) is 0. The van der Waals surface area contributed by atoms with Gasteiger partial charge in [0.05, 0.1) is 23.3 Å². The highest BCUT2D eigenvalue weighted by Gasteiger charge is 2.45. The molecule has 0 saturated carbocycles. The molecule has 0 heterocycles. The zero-order valence-corrected chi connectivity index (χ0v) is 22.5. The fraction of sp³-hybridized carbons (Fsp3) is 0.259. The van der Waals surface area contributed by atoms with E-state index in [1.807, 2.05) is 0 Å². The molecule has 3 heteroatoms. The van der Waals surface area contributed by atoms with E-state index in [4.69, 9.17) is 0 Å². The molecule has 0 nitrogen and oxygen atoms in total. The molecule has 0 atom stereocenters. The summed E-state index contributed by atoms with van der Waals surface area (Å²) in [6, 6.07) is 29.9. The van der Waals surface area contributed by atoms with Crippen LogP contribution in [-0.4, -0.2) is 23.3 Å². The molecule has 0 aliphatic carbocycles. The van der Waals surface area contributed by atoms with Gasteiger partial charge < -0.3 is 0 Å². The maximum atomic E-state index is 2.63. The molecule has 0 fully saturated rings. The molecule has 0 amide bonds. The van der Waals surface area contributed by atoms with Gasteiger partial charge in [0.1, 0.15) is 0 Å². The Kier molecular flexibility index (Phi) is 5.20. The first-order valence-corrected chi connectivity index (χ1v) is 21.6. The minimum Gasteiger partial charge on any atom is -0.0671 e. The van der Waals surface area contributed by atoms with Crippen LogP contribution in [0.15, 0.2) is 78.9 Å². The van der Waals surface area contributed by atoms with Crippen LogP contribution in [0.1, 0.15) is 0 Å². The molecule has 0 bridgehead atoms. The van der Waals surface area contributed by atoms with Crippen LogP contribution >= 0.6 is 0 Å². The maximum absolute atomic E-state index is 2.63. The van der Waals surface area contributed by atoms with Crippen LogP contribution in [0.4, 0.5) is 0 Å². The number of fused-ring (bicyclic) bond motifs is 2. The fourth-order valence-corrected chi connectivity index (χ4v) is 16.7. The Morgan fingerprint density at radius 3 is 1.17 bits per heavy atom. The standard InChI is InChI=1S/C27H34Si3/c1-28(2,3)26-22-17-11-13-19-24(22)27(25-20-14-12-18-23(25)26)30(6,7)29(4,5)21-15-9-8-10-16-21/h8-20H,1-7H3. The lowest BCUT2D eigenvalue weighted by Gasteiger charge is -2.41. The highest BCUT2D eigenvalue weighted by Crippen LogP contribution is 2.29. The molecule has 0 aromatic heterocycles. The van der Waals surface area contributed by atoms with Crippen molar-refractivity contribution in [2.75, 3.05) is 0 Å². The third-order valence-corrected chi connectivity index (χ3v) is 27.1. The quantitative estimate of drug-likeness (QED) is 0.263. The van der Waals surface area contributed by atoms with Gasteiger partial charge in [0.25, 0.3) is 0 Å².